The van der Waals surface area contributed by atoms with Crippen LogP contribution in [0, 0.1) is 0 Å². The zero-order valence-electron chi connectivity index (χ0n) is 11.1. The second kappa shape index (κ2) is 6.85. The molecule has 0 heterocycles. The predicted octanol–water partition coefficient (Wildman–Crippen LogP) is 0.643. The van der Waals surface area contributed by atoms with Crippen LogP contribution in [-0.4, -0.2) is 61.4 Å². The van der Waals surface area contributed by atoms with Crippen molar-refractivity contribution in [2.75, 3.05) is 5.32 Å². The third-order valence-corrected chi connectivity index (χ3v) is 4.77. The van der Waals surface area contributed by atoms with E-state index in [1.807, 2.05) is 0 Å². The van der Waals surface area contributed by atoms with E-state index in [0.717, 1.165) is 6.07 Å². The Morgan fingerprint density at radius 1 is 1.00 bits per heavy atom. The normalized spacial score (nSPS) is 11.8. The van der Waals surface area contributed by atoms with Gasteiger partial charge in [-0.3, -0.25) is 13.9 Å². The molecule has 23 heavy (non-hydrogen) atoms. The first kappa shape index (κ1) is 20.0. The van der Waals surface area contributed by atoms with Gasteiger partial charge in [0.05, 0.1) is 5.69 Å². The first-order chi connectivity index (χ1) is 10.0. The Morgan fingerprint density at radius 3 is 1.96 bits per heavy atom. The summed E-state index contributed by atoms with van der Waals surface area (Å²) in [6, 6.07) is 6.42. The van der Waals surface area contributed by atoms with Crippen molar-refractivity contribution in [3.05, 3.63) is 30.3 Å². The summed E-state index contributed by atoms with van der Waals surface area (Å²) < 4.78 is 64.5. The summed E-state index contributed by atoms with van der Waals surface area (Å²) in [5, 5.41) is 2.39. The molecule has 0 fully saturated rings. The van der Waals surface area contributed by atoms with Crippen LogP contribution >= 0.6 is 0 Å². The first-order valence-corrected chi connectivity index (χ1v) is 8.68. The van der Waals surface area contributed by atoms with Gasteiger partial charge >= 0.3 is 29.6 Å². The van der Waals surface area contributed by atoms with Crippen molar-refractivity contribution >= 4 is 72.2 Å². The molecule has 2 rings (SSSR count). The van der Waals surface area contributed by atoms with Gasteiger partial charge in [-0.15, -0.1) is 0 Å². The molecule has 0 atom stereocenters. The number of amides is 1. The van der Waals surface area contributed by atoms with Crippen LogP contribution in [0.4, 0.5) is 5.69 Å². The quantitative estimate of drug-likeness (QED) is 0.533. The van der Waals surface area contributed by atoms with E-state index in [2.05, 4.69) is 5.32 Å². The van der Waals surface area contributed by atoms with E-state index >= 15 is 0 Å². The third kappa shape index (κ3) is 4.29. The molecule has 0 aliphatic carbocycles. The van der Waals surface area contributed by atoms with E-state index in [9.17, 15) is 30.7 Å². The molecule has 0 spiro atoms. The van der Waals surface area contributed by atoms with Gasteiger partial charge in [-0.2, -0.15) is 16.8 Å². The molecule has 0 aliphatic heterocycles. The van der Waals surface area contributed by atoms with Crippen LogP contribution in [0.1, 0.15) is 6.92 Å². The minimum absolute atomic E-state index is 0. The predicted molar refractivity (Wildman–Crippen MR) is 85.0 cm³/mol. The fraction of sp³-hybridized carbons (Fsp3) is 0.0833. The van der Waals surface area contributed by atoms with Crippen molar-refractivity contribution in [2.24, 2.45) is 0 Å². The van der Waals surface area contributed by atoms with Crippen molar-refractivity contribution in [1.29, 1.82) is 0 Å². The Hall–Kier alpha value is -1.01. The van der Waals surface area contributed by atoms with Gasteiger partial charge in [-0.05, 0) is 6.07 Å². The summed E-state index contributed by atoms with van der Waals surface area (Å²) in [6.45, 7) is 1.18. The fourth-order valence-electron chi connectivity index (χ4n) is 2.07. The van der Waals surface area contributed by atoms with Crippen LogP contribution in [-0.2, 0) is 25.0 Å². The van der Waals surface area contributed by atoms with Gasteiger partial charge in [0.15, 0.2) is 0 Å². The zero-order valence-corrected chi connectivity index (χ0v) is 12.8. The van der Waals surface area contributed by atoms with E-state index in [1.165, 1.54) is 31.2 Å². The molecule has 120 valence electrons. The molecule has 2 aromatic rings. The molecular formula is C12H12NNaO7S2. The molecule has 8 nitrogen and oxygen atoms in total. The van der Waals surface area contributed by atoms with Crippen LogP contribution in [0.15, 0.2) is 40.1 Å². The zero-order chi connectivity index (χ0) is 16.7. The molecule has 2 aromatic carbocycles. The van der Waals surface area contributed by atoms with Gasteiger partial charge in [-0.25, -0.2) is 0 Å². The molecule has 0 aromatic heterocycles. The molecule has 0 bridgehead atoms. The number of hydrogen-bond acceptors (Lipinski definition) is 5. The summed E-state index contributed by atoms with van der Waals surface area (Å²) in [5.41, 5.74) is -0.0110. The van der Waals surface area contributed by atoms with E-state index in [0.29, 0.717) is 0 Å². The molecule has 0 saturated heterocycles. The molecule has 0 aliphatic rings. The van der Waals surface area contributed by atoms with E-state index in [1.54, 1.807) is 0 Å². The fourth-order valence-corrected chi connectivity index (χ4v) is 4.09. The van der Waals surface area contributed by atoms with Crippen molar-refractivity contribution in [3.63, 3.8) is 0 Å². The van der Waals surface area contributed by atoms with E-state index in [-0.39, 0.29) is 46.0 Å². The van der Waals surface area contributed by atoms with Crippen LogP contribution in [0.2, 0.25) is 0 Å². The van der Waals surface area contributed by atoms with Gasteiger partial charge in [0.2, 0.25) is 5.91 Å². The maximum absolute atomic E-state index is 11.5. The summed E-state index contributed by atoms with van der Waals surface area (Å²) in [4.78, 5) is 9.25. The van der Waals surface area contributed by atoms with Crippen molar-refractivity contribution in [1.82, 2.24) is 0 Å². The number of fused-ring (bicyclic) bond motifs is 1. The van der Waals surface area contributed by atoms with Gasteiger partial charge in [0.25, 0.3) is 20.2 Å². The van der Waals surface area contributed by atoms with Crippen molar-refractivity contribution < 1.29 is 30.7 Å². The van der Waals surface area contributed by atoms with Crippen LogP contribution < -0.4 is 5.32 Å². The second-order valence-electron chi connectivity index (χ2n) is 4.43. The summed E-state index contributed by atoms with van der Waals surface area (Å²) >= 11 is 0. The molecule has 0 radical (unpaired) electrons. The van der Waals surface area contributed by atoms with Crippen LogP contribution in [0.3, 0.4) is 0 Å². The Kier molecular flexibility index (Phi) is 5.97. The van der Waals surface area contributed by atoms with Gasteiger partial charge in [0, 0.05) is 17.7 Å². The average Bonchev–Trinajstić information content (AvgIpc) is 2.35. The van der Waals surface area contributed by atoms with Crippen molar-refractivity contribution in [2.45, 2.75) is 16.7 Å². The number of benzene rings is 2. The Morgan fingerprint density at radius 2 is 1.52 bits per heavy atom. The van der Waals surface area contributed by atoms with Gasteiger partial charge in [-0.1, -0.05) is 24.3 Å². The number of carbonyl (C=O) groups is 1. The third-order valence-electron chi connectivity index (χ3n) is 2.81. The number of anilines is 1. The molecule has 3 N–H and O–H groups in total. The van der Waals surface area contributed by atoms with E-state index < -0.39 is 35.9 Å². The number of carbonyl (C=O) groups excluding carboxylic acids is 1. The maximum atomic E-state index is 11.5. The molecule has 1 amide bonds. The van der Waals surface area contributed by atoms with Gasteiger partial charge in [0.1, 0.15) is 9.79 Å². The summed E-state index contributed by atoms with van der Waals surface area (Å²) in [7, 11) is -9.90. The Balaban J connectivity index is 0.00000264. The minimum atomic E-state index is -4.96. The average molecular weight is 369 g/mol. The summed E-state index contributed by atoms with van der Waals surface area (Å²) in [6.07, 6.45) is 0. The topological polar surface area (TPSA) is 138 Å². The Labute approximate surface area is 154 Å². The number of nitrogens with one attached hydrogen (secondary N) is 1. The molecule has 0 unspecified atom stereocenters. The SMILES string of the molecule is CC(=O)Nc1cc(S(=O)(=O)O)c(S(=O)(=O)O)c2ccccc12.[NaH]. The molecule has 0 saturated carbocycles. The standard InChI is InChI=1S/C12H11NO7S2.Na.H/c1-7(14)13-10-6-11(21(15,16)17)12(22(18,19)20)9-5-3-2-4-8(9)10;;/h2-6H,1H3,(H,13,14)(H,15,16,17)(H,18,19,20);;. The second-order valence-corrected chi connectivity index (χ2v) is 7.18. The van der Waals surface area contributed by atoms with Crippen molar-refractivity contribution in [3.8, 4) is 0 Å². The summed E-state index contributed by atoms with van der Waals surface area (Å²) in [5.74, 6) is -0.522. The first-order valence-electron chi connectivity index (χ1n) is 5.80. The number of rotatable bonds is 3. The van der Waals surface area contributed by atoms with Crippen LogP contribution in [0.25, 0.3) is 10.8 Å². The number of hydrogen-bond donors (Lipinski definition) is 3. The van der Waals surface area contributed by atoms with Gasteiger partial charge < -0.3 is 5.32 Å². The van der Waals surface area contributed by atoms with E-state index in [4.69, 9.17) is 0 Å². The molecular weight excluding hydrogens is 357 g/mol. The Bertz CT molecular complexity index is 984. The monoisotopic (exact) mass is 369 g/mol. The van der Waals surface area contributed by atoms with Crippen LogP contribution in [0.5, 0.6) is 0 Å². The molecule has 11 heteroatoms.